The lowest BCUT2D eigenvalue weighted by Gasteiger charge is -2.11. The molecule has 2 aromatic carbocycles. The van der Waals surface area contributed by atoms with E-state index in [-0.39, 0.29) is 28.1 Å². The van der Waals surface area contributed by atoms with Crippen molar-refractivity contribution in [3.8, 4) is 11.5 Å². The van der Waals surface area contributed by atoms with Gasteiger partial charge in [-0.25, -0.2) is 4.39 Å². The molecule has 0 amide bonds. The molecule has 0 radical (unpaired) electrons. The van der Waals surface area contributed by atoms with Crippen LogP contribution in [0.25, 0.3) is 0 Å². The summed E-state index contributed by atoms with van der Waals surface area (Å²) in [5.74, 6) is -0.674. The lowest BCUT2D eigenvalue weighted by Crippen LogP contribution is -1.95. The topological polar surface area (TPSA) is 52.4 Å². The van der Waals surface area contributed by atoms with E-state index in [1.54, 1.807) is 6.07 Å². The molecular formula is C13H8Cl2FNO3. The van der Waals surface area contributed by atoms with Crippen molar-refractivity contribution < 1.29 is 14.1 Å². The van der Waals surface area contributed by atoms with Gasteiger partial charge in [-0.1, -0.05) is 23.7 Å². The smallest absolute Gasteiger partial charge is 0.273 e. The Morgan fingerprint density at radius 3 is 2.70 bits per heavy atom. The minimum atomic E-state index is -0.620. The van der Waals surface area contributed by atoms with E-state index in [2.05, 4.69) is 0 Å². The fraction of sp³-hybridized carbons (Fsp3) is 0.0769. The van der Waals surface area contributed by atoms with Crippen LogP contribution in [0.15, 0.2) is 36.4 Å². The summed E-state index contributed by atoms with van der Waals surface area (Å²) in [6, 6.07) is 7.98. The third-order valence-electron chi connectivity index (χ3n) is 2.53. The number of ether oxygens (including phenoxy) is 1. The highest BCUT2D eigenvalue weighted by molar-refractivity contribution is 6.32. The Morgan fingerprint density at radius 1 is 1.30 bits per heavy atom. The van der Waals surface area contributed by atoms with Crippen LogP contribution >= 0.6 is 23.2 Å². The van der Waals surface area contributed by atoms with Crippen molar-refractivity contribution in [3.63, 3.8) is 0 Å². The Morgan fingerprint density at radius 2 is 2.05 bits per heavy atom. The van der Waals surface area contributed by atoms with Gasteiger partial charge in [0, 0.05) is 11.6 Å². The van der Waals surface area contributed by atoms with E-state index in [1.807, 2.05) is 0 Å². The molecule has 0 aliphatic rings. The second-order valence-electron chi connectivity index (χ2n) is 3.84. The summed E-state index contributed by atoms with van der Waals surface area (Å²) in [6.45, 7) is 0. The lowest BCUT2D eigenvalue weighted by molar-refractivity contribution is -0.384. The molecule has 0 aliphatic carbocycles. The molecule has 0 saturated heterocycles. The Bertz CT molecular complexity index is 664. The van der Waals surface area contributed by atoms with Gasteiger partial charge in [-0.15, -0.1) is 11.6 Å². The molecular weight excluding hydrogens is 308 g/mol. The first-order valence-electron chi connectivity index (χ1n) is 5.48. The van der Waals surface area contributed by atoms with Gasteiger partial charge in [-0.2, -0.15) is 0 Å². The van der Waals surface area contributed by atoms with Crippen LogP contribution in [-0.4, -0.2) is 4.92 Å². The zero-order chi connectivity index (χ0) is 14.7. The zero-order valence-corrected chi connectivity index (χ0v) is 11.5. The number of benzene rings is 2. The highest BCUT2D eigenvalue weighted by Gasteiger charge is 2.15. The Labute approximate surface area is 123 Å². The van der Waals surface area contributed by atoms with Crippen molar-refractivity contribution in [2.45, 2.75) is 5.88 Å². The molecule has 0 spiro atoms. The Kier molecular flexibility index (Phi) is 4.42. The molecule has 2 rings (SSSR count). The molecule has 0 bridgehead atoms. The molecule has 0 saturated carbocycles. The second-order valence-corrected chi connectivity index (χ2v) is 4.51. The third-order valence-corrected chi connectivity index (χ3v) is 3.13. The van der Waals surface area contributed by atoms with Gasteiger partial charge >= 0.3 is 0 Å². The van der Waals surface area contributed by atoms with E-state index < -0.39 is 10.7 Å². The van der Waals surface area contributed by atoms with Gasteiger partial charge in [0.1, 0.15) is 0 Å². The first-order valence-corrected chi connectivity index (χ1v) is 6.39. The molecule has 20 heavy (non-hydrogen) atoms. The number of nitro benzene ring substituents is 1. The summed E-state index contributed by atoms with van der Waals surface area (Å²) in [5, 5.41) is 10.9. The molecule has 0 heterocycles. The third kappa shape index (κ3) is 3.00. The van der Waals surface area contributed by atoms with E-state index in [0.717, 1.165) is 6.07 Å². The quantitative estimate of drug-likeness (QED) is 0.457. The van der Waals surface area contributed by atoms with Gasteiger partial charge in [-0.05, 0) is 12.1 Å². The lowest BCUT2D eigenvalue weighted by atomic mass is 10.2. The number of non-ortho nitro benzene ring substituents is 1. The summed E-state index contributed by atoms with van der Waals surface area (Å²) >= 11 is 11.6. The van der Waals surface area contributed by atoms with Crippen molar-refractivity contribution >= 4 is 28.9 Å². The fourth-order valence-electron chi connectivity index (χ4n) is 1.57. The summed E-state index contributed by atoms with van der Waals surface area (Å²) < 4.78 is 19.1. The van der Waals surface area contributed by atoms with Crippen LogP contribution in [0.2, 0.25) is 5.02 Å². The molecule has 0 aromatic heterocycles. The molecule has 0 aliphatic heterocycles. The maximum absolute atomic E-state index is 13.8. The van der Waals surface area contributed by atoms with Crippen LogP contribution in [0.5, 0.6) is 11.5 Å². The van der Waals surface area contributed by atoms with Crippen molar-refractivity contribution in [1.82, 2.24) is 0 Å². The number of halogens is 3. The fourth-order valence-corrected chi connectivity index (χ4v) is 1.93. The zero-order valence-electron chi connectivity index (χ0n) is 9.98. The van der Waals surface area contributed by atoms with Gasteiger partial charge in [0.25, 0.3) is 5.69 Å². The number of alkyl halides is 1. The number of hydrogen-bond donors (Lipinski definition) is 0. The normalized spacial score (nSPS) is 10.3. The van der Waals surface area contributed by atoms with Gasteiger partial charge in [-0.3, -0.25) is 10.1 Å². The van der Waals surface area contributed by atoms with E-state index in [4.69, 9.17) is 27.9 Å². The van der Waals surface area contributed by atoms with Crippen LogP contribution < -0.4 is 4.74 Å². The minimum absolute atomic E-state index is 0.00247. The molecule has 0 N–H and O–H groups in total. The number of hydrogen-bond acceptors (Lipinski definition) is 3. The van der Waals surface area contributed by atoms with E-state index in [0.29, 0.717) is 5.56 Å². The number of nitro groups is 1. The average Bonchev–Trinajstić information content (AvgIpc) is 2.42. The van der Waals surface area contributed by atoms with Crippen LogP contribution in [-0.2, 0) is 5.88 Å². The molecule has 2 aromatic rings. The van der Waals surface area contributed by atoms with Crippen molar-refractivity contribution in [2.75, 3.05) is 0 Å². The Hall–Kier alpha value is -1.85. The molecule has 7 heteroatoms. The van der Waals surface area contributed by atoms with Gasteiger partial charge in [0.2, 0.25) is 0 Å². The Balaban J connectivity index is 2.44. The number of rotatable bonds is 4. The highest BCUT2D eigenvalue weighted by atomic mass is 35.5. The predicted molar refractivity (Wildman–Crippen MR) is 74.1 cm³/mol. The van der Waals surface area contributed by atoms with E-state index in [9.17, 15) is 14.5 Å². The van der Waals surface area contributed by atoms with Crippen LogP contribution in [0.3, 0.4) is 0 Å². The summed E-state index contributed by atoms with van der Waals surface area (Å²) in [4.78, 5) is 10.1. The van der Waals surface area contributed by atoms with Crippen molar-refractivity contribution in [2.24, 2.45) is 0 Å². The van der Waals surface area contributed by atoms with E-state index in [1.165, 1.54) is 24.3 Å². The largest absolute Gasteiger partial charge is 0.452 e. The molecule has 0 atom stereocenters. The maximum atomic E-state index is 13.8. The summed E-state index contributed by atoms with van der Waals surface area (Å²) in [5.41, 5.74) is 0.224. The highest BCUT2D eigenvalue weighted by Crippen LogP contribution is 2.35. The molecule has 4 nitrogen and oxygen atoms in total. The van der Waals surface area contributed by atoms with Crippen LogP contribution in [0.4, 0.5) is 10.1 Å². The van der Waals surface area contributed by atoms with Gasteiger partial charge in [0.15, 0.2) is 17.3 Å². The summed E-state index contributed by atoms with van der Waals surface area (Å²) in [7, 11) is 0. The standard InChI is InChI=1S/C13H8Cl2FNO3/c14-7-8-2-1-3-11(16)13(8)20-12-6-9(17(18)19)4-5-10(12)15/h1-6H,7H2. The van der Waals surface area contributed by atoms with Crippen molar-refractivity contribution in [3.05, 3.63) is 62.9 Å². The molecule has 0 unspecified atom stereocenters. The SMILES string of the molecule is O=[N+]([O-])c1ccc(Cl)c(Oc2c(F)cccc2CCl)c1. The number of para-hydroxylation sites is 1. The average molecular weight is 316 g/mol. The van der Waals surface area contributed by atoms with Crippen LogP contribution in [0, 0.1) is 15.9 Å². The number of nitrogens with zero attached hydrogens (tertiary/aromatic N) is 1. The molecule has 0 fully saturated rings. The van der Waals surface area contributed by atoms with E-state index >= 15 is 0 Å². The monoisotopic (exact) mass is 315 g/mol. The second kappa shape index (κ2) is 6.07. The maximum Gasteiger partial charge on any atom is 0.273 e. The predicted octanol–water partition coefficient (Wildman–Crippen LogP) is 4.92. The van der Waals surface area contributed by atoms with Crippen LogP contribution in [0.1, 0.15) is 5.56 Å². The molecule has 104 valence electrons. The van der Waals surface area contributed by atoms with Gasteiger partial charge < -0.3 is 4.74 Å². The first-order chi connectivity index (χ1) is 9.52. The van der Waals surface area contributed by atoms with Crippen molar-refractivity contribution in [1.29, 1.82) is 0 Å². The van der Waals surface area contributed by atoms with Gasteiger partial charge in [0.05, 0.1) is 21.9 Å². The summed E-state index contributed by atoms with van der Waals surface area (Å²) in [6.07, 6.45) is 0. The minimum Gasteiger partial charge on any atom is -0.452 e. The first kappa shape index (κ1) is 14.6.